The first-order chi connectivity index (χ1) is 5.72. The van der Waals surface area contributed by atoms with E-state index in [0.717, 1.165) is 18.4 Å². The summed E-state index contributed by atoms with van der Waals surface area (Å²) in [6.07, 6.45) is 6.62. The van der Waals surface area contributed by atoms with Gasteiger partial charge in [-0.25, -0.2) is 0 Å². The summed E-state index contributed by atoms with van der Waals surface area (Å²) in [5.74, 6) is 1.79. The molecule has 70 valence electrons. The Labute approximate surface area is 75.5 Å². The van der Waals surface area contributed by atoms with Gasteiger partial charge in [0.25, 0.3) is 0 Å². The van der Waals surface area contributed by atoms with Crippen molar-refractivity contribution in [1.29, 1.82) is 0 Å². The third-order valence-corrected chi connectivity index (χ3v) is 3.91. The first-order valence-corrected chi connectivity index (χ1v) is 5.36. The highest BCUT2D eigenvalue weighted by atomic mass is 16.5. The highest BCUT2D eigenvalue weighted by Gasteiger charge is 2.40. The molecule has 1 nitrogen and oxygen atoms in total. The van der Waals surface area contributed by atoms with Crippen LogP contribution >= 0.6 is 0 Å². The predicted molar refractivity (Wildman–Crippen MR) is 50.1 cm³/mol. The van der Waals surface area contributed by atoms with Crippen molar-refractivity contribution in [1.82, 2.24) is 0 Å². The normalized spacial score (nSPS) is 48.5. The predicted octanol–water partition coefficient (Wildman–Crippen LogP) is 2.99. The molecule has 1 saturated carbocycles. The molecule has 1 aliphatic carbocycles. The summed E-state index contributed by atoms with van der Waals surface area (Å²) in [7, 11) is 0. The van der Waals surface area contributed by atoms with Crippen molar-refractivity contribution in [3.8, 4) is 0 Å². The van der Waals surface area contributed by atoms with Gasteiger partial charge in [0.15, 0.2) is 0 Å². The second-order valence-corrected chi connectivity index (χ2v) is 4.83. The largest absolute Gasteiger partial charge is 0.375 e. The van der Waals surface area contributed by atoms with E-state index in [2.05, 4.69) is 13.8 Å². The Morgan fingerprint density at radius 1 is 1.17 bits per heavy atom. The Hall–Kier alpha value is -0.0400. The standard InChI is InChI=1S/C11H20O/c1-9-4-6-11(8-10(9)2)5-3-7-12-11/h9-10H,3-8H2,1-2H3/t9-,10+,11?/m0/s1. The maximum Gasteiger partial charge on any atom is 0.0686 e. The molecule has 3 atom stereocenters. The van der Waals surface area contributed by atoms with Crippen LogP contribution in [0.15, 0.2) is 0 Å². The van der Waals surface area contributed by atoms with Gasteiger partial charge in [0, 0.05) is 6.61 Å². The molecule has 0 bridgehead atoms. The lowest BCUT2D eigenvalue weighted by molar-refractivity contribution is -0.0501. The lowest BCUT2D eigenvalue weighted by Gasteiger charge is -2.39. The van der Waals surface area contributed by atoms with Crippen LogP contribution in [0.1, 0.15) is 46.0 Å². The monoisotopic (exact) mass is 168 g/mol. The van der Waals surface area contributed by atoms with Gasteiger partial charge in [-0.15, -0.1) is 0 Å². The third-order valence-electron chi connectivity index (χ3n) is 3.91. The minimum Gasteiger partial charge on any atom is -0.375 e. The summed E-state index contributed by atoms with van der Waals surface area (Å²) in [4.78, 5) is 0. The molecule has 0 N–H and O–H groups in total. The van der Waals surface area contributed by atoms with Gasteiger partial charge in [-0.05, 0) is 43.9 Å². The van der Waals surface area contributed by atoms with Crippen molar-refractivity contribution in [3.05, 3.63) is 0 Å². The first-order valence-electron chi connectivity index (χ1n) is 5.36. The lowest BCUT2D eigenvalue weighted by atomic mass is 9.72. The van der Waals surface area contributed by atoms with Crippen molar-refractivity contribution in [2.45, 2.75) is 51.6 Å². The highest BCUT2D eigenvalue weighted by Crippen LogP contribution is 2.43. The van der Waals surface area contributed by atoms with Crippen LogP contribution in [-0.2, 0) is 4.74 Å². The molecule has 1 spiro atoms. The van der Waals surface area contributed by atoms with E-state index >= 15 is 0 Å². The second kappa shape index (κ2) is 3.02. The summed E-state index contributed by atoms with van der Waals surface area (Å²) in [6.45, 7) is 5.78. The Bertz CT molecular complexity index is 158. The summed E-state index contributed by atoms with van der Waals surface area (Å²) in [5, 5.41) is 0. The fourth-order valence-electron chi connectivity index (χ4n) is 2.78. The average Bonchev–Trinajstić information content (AvgIpc) is 2.47. The molecule has 1 heterocycles. The van der Waals surface area contributed by atoms with Gasteiger partial charge < -0.3 is 4.74 Å². The van der Waals surface area contributed by atoms with Crippen LogP contribution in [0.2, 0.25) is 0 Å². The molecule has 1 aliphatic heterocycles. The van der Waals surface area contributed by atoms with Gasteiger partial charge in [-0.2, -0.15) is 0 Å². The van der Waals surface area contributed by atoms with Gasteiger partial charge in [0.2, 0.25) is 0 Å². The Morgan fingerprint density at radius 3 is 2.58 bits per heavy atom. The van der Waals surface area contributed by atoms with E-state index in [1.54, 1.807) is 0 Å². The molecule has 0 amide bonds. The van der Waals surface area contributed by atoms with Gasteiger partial charge in [-0.1, -0.05) is 13.8 Å². The first kappa shape index (κ1) is 8.55. The molecule has 0 radical (unpaired) electrons. The van der Waals surface area contributed by atoms with Gasteiger partial charge in [0.05, 0.1) is 5.60 Å². The Balaban J connectivity index is 2.01. The highest BCUT2D eigenvalue weighted by molar-refractivity contribution is 4.91. The number of hydrogen-bond donors (Lipinski definition) is 0. The number of ether oxygens (including phenoxy) is 1. The minimum atomic E-state index is 0.325. The van der Waals surface area contributed by atoms with Crippen LogP contribution in [0.3, 0.4) is 0 Å². The smallest absolute Gasteiger partial charge is 0.0686 e. The zero-order valence-electron chi connectivity index (χ0n) is 8.31. The van der Waals surface area contributed by atoms with Gasteiger partial charge in [0.1, 0.15) is 0 Å². The molecule has 1 heteroatoms. The molecule has 12 heavy (non-hydrogen) atoms. The molecule has 0 aromatic carbocycles. The van der Waals surface area contributed by atoms with Crippen LogP contribution in [0.4, 0.5) is 0 Å². The molecular weight excluding hydrogens is 148 g/mol. The quantitative estimate of drug-likeness (QED) is 0.540. The van der Waals surface area contributed by atoms with Crippen LogP contribution < -0.4 is 0 Å². The Morgan fingerprint density at radius 2 is 2.00 bits per heavy atom. The summed E-state index contributed by atoms with van der Waals surface area (Å²) < 4.78 is 5.90. The summed E-state index contributed by atoms with van der Waals surface area (Å²) in [6, 6.07) is 0. The van der Waals surface area contributed by atoms with Crippen molar-refractivity contribution >= 4 is 0 Å². The maximum atomic E-state index is 5.90. The fourth-order valence-corrected chi connectivity index (χ4v) is 2.78. The summed E-state index contributed by atoms with van der Waals surface area (Å²) >= 11 is 0. The second-order valence-electron chi connectivity index (χ2n) is 4.83. The molecule has 1 unspecified atom stereocenters. The van der Waals surface area contributed by atoms with Crippen LogP contribution in [0.5, 0.6) is 0 Å². The molecule has 2 fully saturated rings. The molecule has 0 aromatic rings. The average molecular weight is 168 g/mol. The maximum absolute atomic E-state index is 5.90. The SMILES string of the molecule is C[C@@H]1CC2(CCCO2)CC[C@@H]1C. The third kappa shape index (κ3) is 1.39. The topological polar surface area (TPSA) is 9.23 Å². The zero-order valence-corrected chi connectivity index (χ0v) is 8.31. The van der Waals surface area contributed by atoms with Crippen molar-refractivity contribution in [2.75, 3.05) is 6.61 Å². The van der Waals surface area contributed by atoms with E-state index < -0.39 is 0 Å². The van der Waals surface area contributed by atoms with E-state index in [9.17, 15) is 0 Å². The van der Waals surface area contributed by atoms with Crippen molar-refractivity contribution in [3.63, 3.8) is 0 Å². The lowest BCUT2D eigenvalue weighted by Crippen LogP contribution is -2.36. The van der Waals surface area contributed by atoms with Crippen LogP contribution in [-0.4, -0.2) is 12.2 Å². The fraction of sp³-hybridized carbons (Fsp3) is 1.00. The van der Waals surface area contributed by atoms with E-state index in [0.29, 0.717) is 5.60 Å². The zero-order chi connectivity index (χ0) is 8.60. The minimum absolute atomic E-state index is 0.325. The van der Waals surface area contributed by atoms with E-state index in [1.165, 1.54) is 32.1 Å². The van der Waals surface area contributed by atoms with E-state index in [1.807, 2.05) is 0 Å². The molecule has 2 aliphatic rings. The molecular formula is C11H20O. The van der Waals surface area contributed by atoms with Crippen molar-refractivity contribution < 1.29 is 4.74 Å². The number of rotatable bonds is 0. The molecule has 2 rings (SSSR count). The summed E-state index contributed by atoms with van der Waals surface area (Å²) in [5.41, 5.74) is 0.325. The Kier molecular flexibility index (Phi) is 2.16. The van der Waals surface area contributed by atoms with Gasteiger partial charge in [-0.3, -0.25) is 0 Å². The van der Waals surface area contributed by atoms with Crippen molar-refractivity contribution in [2.24, 2.45) is 11.8 Å². The number of hydrogen-bond acceptors (Lipinski definition) is 1. The van der Waals surface area contributed by atoms with E-state index in [-0.39, 0.29) is 0 Å². The van der Waals surface area contributed by atoms with Gasteiger partial charge >= 0.3 is 0 Å². The van der Waals surface area contributed by atoms with Crippen LogP contribution in [0, 0.1) is 11.8 Å². The van der Waals surface area contributed by atoms with E-state index in [4.69, 9.17) is 4.74 Å². The molecule has 1 saturated heterocycles. The molecule has 0 aromatic heterocycles. The van der Waals surface area contributed by atoms with Crippen LogP contribution in [0.25, 0.3) is 0 Å².